The number of amides is 1. The number of anilines is 1. The fourth-order valence-corrected chi connectivity index (χ4v) is 4.17. The van der Waals surface area contributed by atoms with E-state index in [0.717, 1.165) is 24.7 Å². The molecular formula is C17H21N5O. The van der Waals surface area contributed by atoms with Crippen LogP contribution in [0, 0.1) is 17.8 Å². The van der Waals surface area contributed by atoms with Crippen molar-refractivity contribution in [2.45, 2.75) is 38.5 Å². The van der Waals surface area contributed by atoms with Crippen molar-refractivity contribution in [3.63, 3.8) is 0 Å². The normalized spacial score (nSPS) is 26.7. The zero-order chi connectivity index (χ0) is 15.6. The van der Waals surface area contributed by atoms with E-state index >= 15 is 0 Å². The van der Waals surface area contributed by atoms with E-state index in [1.54, 1.807) is 17.1 Å². The number of fused-ring (bicyclic) bond motifs is 2. The predicted octanol–water partition coefficient (Wildman–Crippen LogP) is 2.82. The Labute approximate surface area is 135 Å². The van der Waals surface area contributed by atoms with Gasteiger partial charge in [-0.1, -0.05) is 19.3 Å². The molecule has 1 amide bonds. The zero-order valence-electron chi connectivity index (χ0n) is 13.1. The van der Waals surface area contributed by atoms with Gasteiger partial charge in [0, 0.05) is 18.3 Å². The number of nitrogens with zero attached hydrogens (tertiary/aromatic N) is 4. The second-order valence-corrected chi connectivity index (χ2v) is 6.77. The summed E-state index contributed by atoms with van der Waals surface area (Å²) in [5.41, 5.74) is 0.622. The van der Waals surface area contributed by atoms with E-state index in [1.807, 2.05) is 12.3 Å². The molecule has 6 nitrogen and oxygen atoms in total. The Bertz CT molecular complexity index is 672. The van der Waals surface area contributed by atoms with Crippen LogP contribution in [0.2, 0.25) is 0 Å². The van der Waals surface area contributed by atoms with E-state index in [1.165, 1.54) is 32.0 Å². The summed E-state index contributed by atoms with van der Waals surface area (Å²) in [5, 5.41) is 7.22. The fraction of sp³-hybridized carbons (Fsp3) is 0.529. The number of carbonyl (C=O) groups excluding carboxylic acids is 1. The summed E-state index contributed by atoms with van der Waals surface area (Å²) in [6, 6.07) is 1.83. The van der Waals surface area contributed by atoms with E-state index < -0.39 is 0 Å². The monoisotopic (exact) mass is 311 g/mol. The smallest absolute Gasteiger partial charge is 0.227 e. The molecule has 0 spiro atoms. The molecule has 0 aliphatic heterocycles. The Balaban J connectivity index is 1.51. The van der Waals surface area contributed by atoms with Gasteiger partial charge in [-0.05, 0) is 37.2 Å². The van der Waals surface area contributed by atoms with Crippen molar-refractivity contribution in [3.05, 3.63) is 31.0 Å². The number of rotatable bonds is 3. The first-order valence-corrected chi connectivity index (χ1v) is 8.40. The van der Waals surface area contributed by atoms with Crippen molar-refractivity contribution in [2.24, 2.45) is 17.8 Å². The molecule has 120 valence electrons. The second-order valence-electron chi connectivity index (χ2n) is 6.77. The van der Waals surface area contributed by atoms with Gasteiger partial charge in [-0.3, -0.25) is 4.79 Å². The van der Waals surface area contributed by atoms with Gasteiger partial charge in [0.05, 0.1) is 6.20 Å². The van der Waals surface area contributed by atoms with Crippen LogP contribution in [0.15, 0.2) is 31.0 Å². The van der Waals surface area contributed by atoms with Crippen LogP contribution in [0.4, 0.5) is 5.69 Å². The molecule has 2 fully saturated rings. The molecule has 1 unspecified atom stereocenters. The molecule has 4 rings (SSSR count). The Morgan fingerprint density at radius 3 is 2.78 bits per heavy atom. The molecule has 2 aromatic heterocycles. The lowest BCUT2D eigenvalue weighted by Gasteiger charge is -2.38. The topological polar surface area (TPSA) is 72.7 Å². The molecule has 1 N–H and O–H groups in total. The van der Waals surface area contributed by atoms with Crippen LogP contribution in [-0.2, 0) is 4.79 Å². The lowest BCUT2D eigenvalue weighted by atomic mass is 9.68. The molecule has 3 atom stereocenters. The highest BCUT2D eigenvalue weighted by molar-refractivity contribution is 5.93. The number of carbonyl (C=O) groups is 1. The minimum atomic E-state index is 0.102. The van der Waals surface area contributed by atoms with Gasteiger partial charge in [0.1, 0.15) is 12.0 Å². The maximum atomic E-state index is 12.7. The van der Waals surface area contributed by atoms with Crippen molar-refractivity contribution >= 4 is 11.6 Å². The molecular weight excluding hydrogens is 290 g/mol. The lowest BCUT2D eigenvalue weighted by molar-refractivity contribution is -0.122. The Morgan fingerprint density at radius 1 is 1.22 bits per heavy atom. The van der Waals surface area contributed by atoms with Crippen LogP contribution in [0.1, 0.15) is 38.5 Å². The quantitative estimate of drug-likeness (QED) is 0.946. The van der Waals surface area contributed by atoms with Crippen LogP contribution >= 0.6 is 0 Å². The van der Waals surface area contributed by atoms with Crippen LogP contribution in [-0.4, -0.2) is 25.7 Å². The molecule has 2 aliphatic rings. The fourth-order valence-electron chi connectivity index (χ4n) is 4.17. The van der Waals surface area contributed by atoms with Crippen LogP contribution < -0.4 is 5.32 Å². The molecule has 2 aliphatic carbocycles. The third-order valence-electron chi connectivity index (χ3n) is 5.17. The summed E-state index contributed by atoms with van der Waals surface area (Å²) in [6.07, 6.45) is 13.9. The molecule has 6 heteroatoms. The van der Waals surface area contributed by atoms with E-state index in [0.29, 0.717) is 11.5 Å². The minimum absolute atomic E-state index is 0.102. The van der Waals surface area contributed by atoms with Crippen molar-refractivity contribution < 1.29 is 4.79 Å². The summed E-state index contributed by atoms with van der Waals surface area (Å²) >= 11 is 0. The van der Waals surface area contributed by atoms with E-state index in [-0.39, 0.29) is 11.8 Å². The number of nitrogens with one attached hydrogen (secondary N) is 1. The molecule has 0 radical (unpaired) electrons. The maximum absolute atomic E-state index is 12.7. The predicted molar refractivity (Wildman–Crippen MR) is 86.0 cm³/mol. The second kappa shape index (κ2) is 6.10. The molecule has 0 saturated heterocycles. The summed E-state index contributed by atoms with van der Waals surface area (Å²) in [4.78, 5) is 21.0. The Hall–Kier alpha value is -2.24. The van der Waals surface area contributed by atoms with Gasteiger partial charge >= 0.3 is 0 Å². The van der Waals surface area contributed by atoms with Gasteiger partial charge in [-0.2, -0.15) is 5.10 Å². The summed E-state index contributed by atoms with van der Waals surface area (Å²) in [6.45, 7) is 0. The Morgan fingerprint density at radius 2 is 2.04 bits per heavy atom. The molecule has 2 bridgehead atoms. The van der Waals surface area contributed by atoms with Crippen LogP contribution in [0.3, 0.4) is 0 Å². The first kappa shape index (κ1) is 14.4. The summed E-state index contributed by atoms with van der Waals surface area (Å²) in [5.74, 6) is 2.29. The summed E-state index contributed by atoms with van der Waals surface area (Å²) < 4.78 is 1.65. The maximum Gasteiger partial charge on any atom is 0.227 e. The van der Waals surface area contributed by atoms with Gasteiger partial charge in [-0.25, -0.2) is 14.6 Å². The third kappa shape index (κ3) is 2.98. The molecule has 0 aromatic carbocycles. The average Bonchev–Trinajstić information content (AvgIpc) is 3.09. The third-order valence-corrected chi connectivity index (χ3v) is 5.17. The average molecular weight is 311 g/mol. The van der Waals surface area contributed by atoms with Crippen molar-refractivity contribution in [1.29, 1.82) is 0 Å². The standard InChI is InChI=1S/C17H21N5O/c23-17(14-8-12-3-1-4-13(7-12)9-14)21-15-10-18-11-19-16(15)22-6-2-5-20-22/h2,5-6,10-14H,1,3-4,7-9H2,(H,21,23)/t12-,13+,14?. The first-order valence-electron chi connectivity index (χ1n) is 8.40. The number of hydrogen-bond acceptors (Lipinski definition) is 4. The highest BCUT2D eigenvalue weighted by Gasteiger charge is 2.35. The largest absolute Gasteiger partial charge is 0.321 e. The lowest BCUT2D eigenvalue weighted by Crippen LogP contribution is -2.34. The van der Waals surface area contributed by atoms with Gasteiger partial charge in [-0.15, -0.1) is 0 Å². The van der Waals surface area contributed by atoms with Gasteiger partial charge < -0.3 is 5.32 Å². The van der Waals surface area contributed by atoms with Crippen LogP contribution in [0.5, 0.6) is 0 Å². The van der Waals surface area contributed by atoms with Crippen molar-refractivity contribution in [1.82, 2.24) is 19.7 Å². The van der Waals surface area contributed by atoms with Gasteiger partial charge in [0.2, 0.25) is 5.91 Å². The molecule has 23 heavy (non-hydrogen) atoms. The highest BCUT2D eigenvalue weighted by atomic mass is 16.1. The molecule has 2 saturated carbocycles. The SMILES string of the molecule is O=C(Nc1cncnc1-n1cccn1)C1C[C@H]2CCC[C@@H](C1)C2. The zero-order valence-corrected chi connectivity index (χ0v) is 13.1. The Kier molecular flexibility index (Phi) is 3.81. The van der Waals surface area contributed by atoms with Crippen molar-refractivity contribution in [2.75, 3.05) is 5.32 Å². The molecule has 2 heterocycles. The van der Waals surface area contributed by atoms with E-state index in [4.69, 9.17) is 0 Å². The molecule has 2 aromatic rings. The highest BCUT2D eigenvalue weighted by Crippen LogP contribution is 2.42. The van der Waals surface area contributed by atoms with Gasteiger partial charge in [0.25, 0.3) is 0 Å². The van der Waals surface area contributed by atoms with E-state index in [2.05, 4.69) is 20.4 Å². The first-order chi connectivity index (χ1) is 11.3. The summed E-state index contributed by atoms with van der Waals surface area (Å²) in [7, 11) is 0. The van der Waals surface area contributed by atoms with E-state index in [9.17, 15) is 4.79 Å². The minimum Gasteiger partial charge on any atom is -0.321 e. The van der Waals surface area contributed by atoms with Gasteiger partial charge in [0.15, 0.2) is 5.82 Å². The van der Waals surface area contributed by atoms with Crippen molar-refractivity contribution in [3.8, 4) is 5.82 Å². The number of aromatic nitrogens is 4. The van der Waals surface area contributed by atoms with Crippen LogP contribution in [0.25, 0.3) is 5.82 Å². The number of hydrogen-bond donors (Lipinski definition) is 1.